The van der Waals surface area contributed by atoms with E-state index in [1.165, 1.54) is 25.2 Å². The Hall–Kier alpha value is -0.880. The molecule has 1 heterocycles. The second-order valence-corrected chi connectivity index (χ2v) is 5.70. The van der Waals surface area contributed by atoms with E-state index in [0.717, 1.165) is 12.8 Å². The predicted octanol–water partition coefficient (Wildman–Crippen LogP) is 0.878. The highest BCUT2D eigenvalue weighted by atomic mass is 32.2. The highest BCUT2D eigenvalue weighted by Gasteiger charge is 2.20. The summed E-state index contributed by atoms with van der Waals surface area (Å²) in [6, 6.07) is 0. The summed E-state index contributed by atoms with van der Waals surface area (Å²) in [7, 11) is -3.35. The summed E-state index contributed by atoms with van der Waals surface area (Å²) in [5.74, 6) is 0.506. The van der Waals surface area contributed by atoms with Gasteiger partial charge < -0.3 is 0 Å². The summed E-state index contributed by atoms with van der Waals surface area (Å²) in [6.45, 7) is 0.549. The summed E-state index contributed by atoms with van der Waals surface area (Å²) >= 11 is 0. The van der Waals surface area contributed by atoms with Gasteiger partial charge in [-0.25, -0.2) is 13.1 Å². The first-order chi connectivity index (χ1) is 7.18. The van der Waals surface area contributed by atoms with E-state index in [0.29, 0.717) is 12.5 Å². The van der Waals surface area contributed by atoms with Crippen molar-refractivity contribution in [1.29, 1.82) is 0 Å². The number of hydrogen-bond donors (Lipinski definition) is 2. The van der Waals surface area contributed by atoms with Gasteiger partial charge in [0.15, 0.2) is 0 Å². The number of hydrogen-bond acceptors (Lipinski definition) is 3. The topological polar surface area (TPSA) is 74.8 Å². The van der Waals surface area contributed by atoms with Crippen molar-refractivity contribution in [1.82, 2.24) is 14.9 Å². The van der Waals surface area contributed by atoms with E-state index < -0.39 is 10.0 Å². The Morgan fingerprint density at radius 2 is 2.20 bits per heavy atom. The fourth-order valence-corrected chi connectivity index (χ4v) is 2.93. The van der Waals surface area contributed by atoms with Crippen molar-refractivity contribution >= 4 is 10.0 Å². The summed E-state index contributed by atoms with van der Waals surface area (Å²) in [4.78, 5) is 0.209. The SMILES string of the molecule is O=S(=O)(NCC1CCCC1)c1cn[nH]c1. The first-order valence-electron chi connectivity index (χ1n) is 5.17. The molecule has 0 amide bonds. The largest absolute Gasteiger partial charge is 0.284 e. The summed E-state index contributed by atoms with van der Waals surface area (Å²) in [5, 5.41) is 6.12. The molecule has 2 N–H and O–H groups in total. The lowest BCUT2D eigenvalue weighted by molar-refractivity contribution is 0.519. The molecule has 1 aliphatic carbocycles. The van der Waals surface area contributed by atoms with Crippen molar-refractivity contribution in [3.8, 4) is 0 Å². The number of nitrogens with one attached hydrogen (secondary N) is 2. The van der Waals surface area contributed by atoms with Crippen molar-refractivity contribution in [3.63, 3.8) is 0 Å². The van der Waals surface area contributed by atoms with Crippen LogP contribution in [0.15, 0.2) is 17.3 Å². The maximum Gasteiger partial charge on any atom is 0.243 e. The minimum atomic E-state index is -3.35. The monoisotopic (exact) mass is 229 g/mol. The van der Waals surface area contributed by atoms with Crippen LogP contribution in [0.25, 0.3) is 0 Å². The van der Waals surface area contributed by atoms with E-state index in [9.17, 15) is 8.42 Å². The highest BCUT2D eigenvalue weighted by Crippen LogP contribution is 2.24. The fourth-order valence-electron chi connectivity index (χ4n) is 1.91. The Balaban J connectivity index is 1.93. The Morgan fingerprint density at radius 1 is 1.47 bits per heavy atom. The first-order valence-corrected chi connectivity index (χ1v) is 6.65. The van der Waals surface area contributed by atoms with Crippen LogP contribution in [0.5, 0.6) is 0 Å². The van der Waals surface area contributed by atoms with Gasteiger partial charge in [0.2, 0.25) is 10.0 Å². The van der Waals surface area contributed by atoms with E-state index in [1.54, 1.807) is 0 Å². The highest BCUT2D eigenvalue weighted by molar-refractivity contribution is 7.89. The number of nitrogens with zero attached hydrogens (tertiary/aromatic N) is 1. The number of aromatic amines is 1. The van der Waals surface area contributed by atoms with Crippen LogP contribution in [0.3, 0.4) is 0 Å². The number of rotatable bonds is 4. The molecule has 0 aromatic carbocycles. The fraction of sp³-hybridized carbons (Fsp3) is 0.667. The molecule has 1 fully saturated rings. The lowest BCUT2D eigenvalue weighted by atomic mass is 10.1. The van der Waals surface area contributed by atoms with Crippen molar-refractivity contribution in [2.75, 3.05) is 6.54 Å². The maximum absolute atomic E-state index is 11.7. The van der Waals surface area contributed by atoms with Gasteiger partial charge in [0.05, 0.1) is 6.20 Å². The molecule has 0 unspecified atom stereocenters. The van der Waals surface area contributed by atoms with E-state index in [2.05, 4.69) is 14.9 Å². The van der Waals surface area contributed by atoms with Crippen molar-refractivity contribution < 1.29 is 8.42 Å². The second kappa shape index (κ2) is 4.32. The normalized spacial score (nSPS) is 18.4. The third-order valence-corrected chi connectivity index (χ3v) is 4.21. The zero-order valence-corrected chi connectivity index (χ0v) is 9.26. The third-order valence-electron chi connectivity index (χ3n) is 2.82. The van der Waals surface area contributed by atoms with E-state index >= 15 is 0 Å². The van der Waals surface area contributed by atoms with Crippen LogP contribution in [-0.4, -0.2) is 25.2 Å². The molecular weight excluding hydrogens is 214 g/mol. The van der Waals surface area contributed by atoms with Crippen LogP contribution in [0.4, 0.5) is 0 Å². The molecule has 1 saturated carbocycles. The van der Waals surface area contributed by atoms with Crippen LogP contribution in [0, 0.1) is 5.92 Å². The van der Waals surface area contributed by atoms with Crippen LogP contribution in [0.1, 0.15) is 25.7 Å². The summed E-state index contributed by atoms with van der Waals surface area (Å²) in [6.07, 6.45) is 7.41. The average molecular weight is 229 g/mol. The zero-order chi connectivity index (χ0) is 10.7. The first kappa shape index (κ1) is 10.6. The summed E-state index contributed by atoms with van der Waals surface area (Å²) in [5.41, 5.74) is 0. The quantitative estimate of drug-likeness (QED) is 0.804. The Bertz CT molecular complexity index is 393. The molecule has 0 saturated heterocycles. The molecule has 15 heavy (non-hydrogen) atoms. The Morgan fingerprint density at radius 3 is 2.80 bits per heavy atom. The molecule has 0 aliphatic heterocycles. The average Bonchev–Trinajstić information content (AvgIpc) is 2.88. The van der Waals surface area contributed by atoms with Gasteiger partial charge in [-0.2, -0.15) is 5.10 Å². The number of aromatic nitrogens is 2. The van der Waals surface area contributed by atoms with Crippen LogP contribution in [-0.2, 0) is 10.0 Å². The smallest absolute Gasteiger partial charge is 0.243 e. The van der Waals surface area contributed by atoms with Crippen molar-refractivity contribution in [2.24, 2.45) is 5.92 Å². The van der Waals surface area contributed by atoms with Crippen LogP contribution in [0.2, 0.25) is 0 Å². The van der Waals surface area contributed by atoms with Gasteiger partial charge in [0.1, 0.15) is 4.90 Å². The van der Waals surface area contributed by atoms with E-state index in [4.69, 9.17) is 0 Å². The Labute approximate surface area is 89.3 Å². The van der Waals surface area contributed by atoms with Crippen LogP contribution < -0.4 is 4.72 Å². The molecule has 0 atom stereocenters. The van der Waals surface area contributed by atoms with Gasteiger partial charge in [-0.15, -0.1) is 0 Å². The predicted molar refractivity (Wildman–Crippen MR) is 55.7 cm³/mol. The van der Waals surface area contributed by atoms with Gasteiger partial charge in [-0.05, 0) is 18.8 Å². The summed E-state index contributed by atoms with van der Waals surface area (Å²) < 4.78 is 26.0. The molecule has 0 spiro atoms. The lowest BCUT2D eigenvalue weighted by Crippen LogP contribution is -2.28. The Kier molecular flexibility index (Phi) is 3.06. The molecule has 0 radical (unpaired) electrons. The maximum atomic E-state index is 11.7. The number of H-pyrrole nitrogens is 1. The van der Waals surface area contributed by atoms with Crippen LogP contribution >= 0.6 is 0 Å². The molecule has 84 valence electrons. The number of sulfonamides is 1. The molecule has 2 rings (SSSR count). The lowest BCUT2D eigenvalue weighted by Gasteiger charge is -2.09. The third kappa shape index (κ3) is 2.57. The van der Waals surface area contributed by atoms with Gasteiger partial charge >= 0.3 is 0 Å². The van der Waals surface area contributed by atoms with Gasteiger partial charge in [-0.1, -0.05) is 12.8 Å². The minimum absolute atomic E-state index is 0.209. The molecular formula is C9H15N3O2S. The molecule has 5 nitrogen and oxygen atoms in total. The van der Waals surface area contributed by atoms with Gasteiger partial charge in [0, 0.05) is 12.7 Å². The second-order valence-electron chi connectivity index (χ2n) is 3.94. The van der Waals surface area contributed by atoms with E-state index in [1.807, 2.05) is 0 Å². The van der Waals surface area contributed by atoms with Crippen molar-refractivity contribution in [3.05, 3.63) is 12.4 Å². The molecule has 1 aromatic rings. The van der Waals surface area contributed by atoms with E-state index in [-0.39, 0.29) is 4.90 Å². The molecule has 1 aromatic heterocycles. The van der Waals surface area contributed by atoms with Gasteiger partial charge in [-0.3, -0.25) is 5.10 Å². The van der Waals surface area contributed by atoms with Crippen molar-refractivity contribution in [2.45, 2.75) is 30.6 Å². The molecule has 1 aliphatic rings. The molecule has 0 bridgehead atoms. The molecule has 6 heteroatoms. The zero-order valence-electron chi connectivity index (χ0n) is 8.44. The standard InChI is InChI=1S/C9H15N3O2S/c13-15(14,9-6-10-11-7-9)12-5-8-3-1-2-4-8/h6-8,12H,1-5H2,(H,10,11). The van der Waals surface area contributed by atoms with Gasteiger partial charge in [0.25, 0.3) is 0 Å². The minimum Gasteiger partial charge on any atom is -0.284 e.